The summed E-state index contributed by atoms with van der Waals surface area (Å²) >= 11 is 0. The first-order valence-corrected chi connectivity index (χ1v) is 8.12. The molecule has 140 valence electrons. The first-order chi connectivity index (χ1) is 12.4. The highest BCUT2D eigenvalue weighted by Crippen LogP contribution is 2.21. The van der Waals surface area contributed by atoms with Gasteiger partial charge in [-0.3, -0.25) is 19.5 Å². The van der Waals surface area contributed by atoms with Gasteiger partial charge in [0.25, 0.3) is 5.56 Å². The van der Waals surface area contributed by atoms with Gasteiger partial charge in [0.2, 0.25) is 11.6 Å². The van der Waals surface area contributed by atoms with Crippen LogP contribution in [0.4, 0.5) is 4.79 Å². The largest absolute Gasteiger partial charge is 0.462 e. The van der Waals surface area contributed by atoms with Crippen molar-refractivity contribution in [1.29, 1.82) is 0 Å². The van der Waals surface area contributed by atoms with Crippen LogP contribution in [-0.4, -0.2) is 40.6 Å². The smallest absolute Gasteiger partial charge is 0.342 e. The van der Waals surface area contributed by atoms with Gasteiger partial charge in [-0.15, -0.1) is 0 Å². The summed E-state index contributed by atoms with van der Waals surface area (Å²) in [5.74, 6) is -1.20. The molecule has 0 saturated carbocycles. The Kier molecular flexibility index (Phi) is 6.10. The zero-order chi connectivity index (χ0) is 19.3. The predicted octanol–water partition coefficient (Wildman–Crippen LogP) is 0.710. The van der Waals surface area contributed by atoms with Gasteiger partial charge < -0.3 is 14.5 Å². The van der Waals surface area contributed by atoms with Crippen molar-refractivity contribution in [2.75, 3.05) is 13.2 Å². The average molecular weight is 364 g/mol. The maximum absolute atomic E-state index is 12.6. The lowest BCUT2D eigenvalue weighted by Crippen LogP contribution is -2.42. The number of ether oxygens (including phenoxy) is 1. The van der Waals surface area contributed by atoms with Crippen LogP contribution in [0.1, 0.15) is 36.4 Å². The summed E-state index contributed by atoms with van der Waals surface area (Å²) < 4.78 is 11.2. The van der Waals surface area contributed by atoms with Gasteiger partial charge in [-0.25, -0.2) is 14.6 Å². The number of rotatable bonds is 6. The molecule has 3 amide bonds. The molecule has 0 spiro atoms. The molecule has 2 aromatic rings. The molecule has 2 rings (SSSR count). The highest BCUT2D eigenvalue weighted by atomic mass is 16.5. The summed E-state index contributed by atoms with van der Waals surface area (Å²) in [6, 6.07) is -0.648. The zero-order valence-corrected chi connectivity index (χ0v) is 14.7. The van der Waals surface area contributed by atoms with Gasteiger partial charge >= 0.3 is 12.0 Å². The molecule has 0 radical (unpaired) electrons. The van der Waals surface area contributed by atoms with Crippen LogP contribution in [0.2, 0.25) is 0 Å². The molecule has 2 aromatic heterocycles. The fourth-order valence-corrected chi connectivity index (χ4v) is 2.30. The highest BCUT2D eigenvalue weighted by molar-refractivity contribution is 6.03. The van der Waals surface area contributed by atoms with Crippen molar-refractivity contribution in [3.05, 3.63) is 28.0 Å². The standard InChI is InChI=1S/C16H20N4O6/c1-4-6-17-16(24)19-10(21)7-20-8-18-13-12(14(20)22)11(9(3)26-13)15(23)25-5-2/h8H,4-7H2,1-3H3,(H2,17,19,21,24). The molecule has 0 atom stereocenters. The molecule has 10 nitrogen and oxygen atoms in total. The van der Waals surface area contributed by atoms with E-state index in [1.54, 1.807) is 6.92 Å². The van der Waals surface area contributed by atoms with Crippen LogP contribution in [0, 0.1) is 6.92 Å². The van der Waals surface area contributed by atoms with Crippen LogP contribution < -0.4 is 16.2 Å². The van der Waals surface area contributed by atoms with Crippen molar-refractivity contribution in [3.63, 3.8) is 0 Å². The molecule has 0 aliphatic carbocycles. The number of nitrogens with one attached hydrogen (secondary N) is 2. The minimum atomic E-state index is -0.705. The van der Waals surface area contributed by atoms with E-state index in [0.717, 1.165) is 17.3 Å². The van der Waals surface area contributed by atoms with Gasteiger partial charge in [-0.2, -0.15) is 0 Å². The number of aromatic nitrogens is 2. The molecule has 0 aliphatic rings. The molecule has 26 heavy (non-hydrogen) atoms. The number of esters is 1. The Hall–Kier alpha value is -3.17. The van der Waals surface area contributed by atoms with E-state index in [-0.39, 0.29) is 29.0 Å². The van der Waals surface area contributed by atoms with Gasteiger partial charge in [-0.1, -0.05) is 6.92 Å². The van der Waals surface area contributed by atoms with E-state index < -0.39 is 30.0 Å². The molecular formula is C16H20N4O6. The summed E-state index contributed by atoms with van der Waals surface area (Å²) in [6.45, 7) is 5.14. The number of nitrogens with zero attached hydrogens (tertiary/aromatic N) is 2. The lowest BCUT2D eigenvalue weighted by Gasteiger charge is -2.07. The minimum absolute atomic E-state index is 0.0187. The molecule has 0 bridgehead atoms. The number of imide groups is 1. The average Bonchev–Trinajstić information content (AvgIpc) is 2.92. The number of amides is 3. The predicted molar refractivity (Wildman–Crippen MR) is 90.8 cm³/mol. The lowest BCUT2D eigenvalue weighted by molar-refractivity contribution is -0.120. The second-order valence-corrected chi connectivity index (χ2v) is 5.42. The zero-order valence-electron chi connectivity index (χ0n) is 14.7. The van der Waals surface area contributed by atoms with Crippen molar-refractivity contribution in [2.45, 2.75) is 33.7 Å². The molecule has 2 heterocycles. The Morgan fingerprint density at radius 1 is 1.31 bits per heavy atom. The first-order valence-electron chi connectivity index (χ1n) is 8.12. The van der Waals surface area contributed by atoms with Crippen LogP contribution in [0.3, 0.4) is 0 Å². The van der Waals surface area contributed by atoms with Crippen LogP contribution >= 0.6 is 0 Å². The van der Waals surface area contributed by atoms with Crippen LogP contribution in [0.15, 0.2) is 15.5 Å². The summed E-state index contributed by atoms with van der Waals surface area (Å²) in [6.07, 6.45) is 1.84. The van der Waals surface area contributed by atoms with E-state index in [2.05, 4.69) is 15.6 Å². The van der Waals surface area contributed by atoms with Crippen molar-refractivity contribution >= 4 is 29.0 Å². The lowest BCUT2D eigenvalue weighted by atomic mass is 10.2. The Morgan fingerprint density at radius 3 is 2.69 bits per heavy atom. The maximum atomic E-state index is 12.6. The first kappa shape index (κ1) is 19.2. The number of carbonyl (C=O) groups excluding carboxylic acids is 3. The third-order valence-corrected chi connectivity index (χ3v) is 3.44. The molecule has 10 heteroatoms. The van der Waals surface area contributed by atoms with Gasteiger partial charge in [0.15, 0.2) is 0 Å². The van der Waals surface area contributed by atoms with E-state index in [4.69, 9.17) is 9.15 Å². The minimum Gasteiger partial charge on any atom is -0.462 e. The summed E-state index contributed by atoms with van der Waals surface area (Å²) in [7, 11) is 0. The Balaban J connectivity index is 2.29. The van der Waals surface area contributed by atoms with E-state index >= 15 is 0 Å². The van der Waals surface area contributed by atoms with Crippen LogP contribution in [0.5, 0.6) is 0 Å². The Labute approximate surface area is 148 Å². The van der Waals surface area contributed by atoms with E-state index in [1.165, 1.54) is 6.92 Å². The van der Waals surface area contributed by atoms with E-state index in [9.17, 15) is 19.2 Å². The molecule has 0 fully saturated rings. The second kappa shape index (κ2) is 8.28. The Morgan fingerprint density at radius 2 is 2.04 bits per heavy atom. The monoisotopic (exact) mass is 364 g/mol. The fraction of sp³-hybridized carbons (Fsp3) is 0.438. The third-order valence-electron chi connectivity index (χ3n) is 3.44. The van der Waals surface area contributed by atoms with Crippen LogP contribution in [0.25, 0.3) is 11.1 Å². The van der Waals surface area contributed by atoms with Gasteiger partial charge in [0.1, 0.15) is 29.6 Å². The number of carbonyl (C=O) groups is 3. The van der Waals surface area contributed by atoms with Crippen LogP contribution in [-0.2, 0) is 16.1 Å². The molecule has 0 aromatic carbocycles. The summed E-state index contributed by atoms with van der Waals surface area (Å²) in [5.41, 5.74) is -0.679. The SMILES string of the molecule is CCCNC(=O)NC(=O)Cn1cnc2oc(C)c(C(=O)OCC)c2c1=O. The van der Waals surface area contributed by atoms with Crippen molar-refractivity contribution in [1.82, 2.24) is 20.2 Å². The van der Waals surface area contributed by atoms with Crippen molar-refractivity contribution in [2.24, 2.45) is 0 Å². The normalized spacial score (nSPS) is 10.6. The molecule has 0 saturated heterocycles. The molecular weight excluding hydrogens is 344 g/mol. The number of hydrogen-bond donors (Lipinski definition) is 2. The van der Waals surface area contributed by atoms with Crippen molar-refractivity contribution < 1.29 is 23.5 Å². The molecule has 2 N–H and O–H groups in total. The maximum Gasteiger partial charge on any atom is 0.342 e. The molecule has 0 aliphatic heterocycles. The quantitative estimate of drug-likeness (QED) is 0.721. The summed E-state index contributed by atoms with van der Waals surface area (Å²) in [5, 5.41) is 4.53. The fourth-order valence-electron chi connectivity index (χ4n) is 2.30. The Bertz CT molecular complexity index is 898. The molecule has 0 unspecified atom stereocenters. The number of fused-ring (bicyclic) bond motifs is 1. The van der Waals surface area contributed by atoms with Gasteiger partial charge in [-0.05, 0) is 20.3 Å². The van der Waals surface area contributed by atoms with Gasteiger partial charge in [0, 0.05) is 6.54 Å². The highest BCUT2D eigenvalue weighted by Gasteiger charge is 2.24. The number of aryl methyl sites for hydroxylation is 1. The van der Waals surface area contributed by atoms with Crippen molar-refractivity contribution in [3.8, 4) is 0 Å². The number of hydrogen-bond acceptors (Lipinski definition) is 7. The third kappa shape index (κ3) is 4.08. The topological polar surface area (TPSA) is 133 Å². The van der Waals surface area contributed by atoms with E-state index in [0.29, 0.717) is 6.54 Å². The summed E-state index contributed by atoms with van der Waals surface area (Å²) in [4.78, 5) is 52.1. The van der Waals surface area contributed by atoms with Gasteiger partial charge in [0.05, 0.1) is 6.61 Å². The van der Waals surface area contributed by atoms with E-state index in [1.807, 2.05) is 6.92 Å². The number of furan rings is 1. The second-order valence-electron chi connectivity index (χ2n) is 5.42. The number of urea groups is 1.